The fraction of sp³-hybridized carbons (Fsp3) is 0.222. The summed E-state index contributed by atoms with van der Waals surface area (Å²) in [6.45, 7) is 1.78. The SMILES string of the molecule is CCc1c(C=O)ccc(Cl)c1F. The predicted molar refractivity (Wildman–Crippen MR) is 46.2 cm³/mol. The van der Waals surface area contributed by atoms with Crippen molar-refractivity contribution < 1.29 is 9.18 Å². The molecule has 0 spiro atoms. The van der Waals surface area contributed by atoms with Gasteiger partial charge in [0.25, 0.3) is 0 Å². The normalized spacial score (nSPS) is 9.92. The molecule has 0 N–H and O–H groups in total. The maximum absolute atomic E-state index is 13.2. The second-order valence-electron chi connectivity index (χ2n) is 2.40. The number of aldehydes is 1. The lowest BCUT2D eigenvalue weighted by Crippen LogP contribution is -1.95. The molecule has 0 radical (unpaired) electrons. The highest BCUT2D eigenvalue weighted by atomic mass is 35.5. The molecular formula is C9H8ClFO. The number of hydrogen-bond donors (Lipinski definition) is 0. The lowest BCUT2D eigenvalue weighted by molar-refractivity contribution is 0.112. The van der Waals surface area contributed by atoms with Crippen LogP contribution in [0.25, 0.3) is 0 Å². The first-order valence-electron chi connectivity index (χ1n) is 3.62. The van der Waals surface area contributed by atoms with Gasteiger partial charge in [-0.05, 0) is 24.1 Å². The molecule has 1 nitrogen and oxygen atoms in total. The Kier molecular flexibility index (Phi) is 2.82. The summed E-state index contributed by atoms with van der Waals surface area (Å²) in [7, 11) is 0. The Labute approximate surface area is 75.2 Å². The Hall–Kier alpha value is -0.890. The van der Waals surface area contributed by atoms with Gasteiger partial charge < -0.3 is 0 Å². The third kappa shape index (κ3) is 1.48. The van der Waals surface area contributed by atoms with Gasteiger partial charge in [-0.1, -0.05) is 18.5 Å². The minimum absolute atomic E-state index is 0.0671. The molecule has 3 heteroatoms. The maximum atomic E-state index is 13.2. The fourth-order valence-electron chi connectivity index (χ4n) is 1.08. The minimum Gasteiger partial charge on any atom is -0.298 e. The van der Waals surface area contributed by atoms with Crippen LogP contribution in [-0.2, 0) is 6.42 Å². The van der Waals surface area contributed by atoms with E-state index in [1.54, 1.807) is 6.92 Å². The van der Waals surface area contributed by atoms with Crippen LogP contribution >= 0.6 is 11.6 Å². The molecule has 0 aliphatic heterocycles. The monoisotopic (exact) mass is 186 g/mol. The van der Waals surface area contributed by atoms with Gasteiger partial charge in [0.05, 0.1) is 5.02 Å². The zero-order chi connectivity index (χ0) is 9.14. The van der Waals surface area contributed by atoms with Crippen LogP contribution in [0.4, 0.5) is 4.39 Å². The highest BCUT2D eigenvalue weighted by Gasteiger charge is 2.09. The van der Waals surface area contributed by atoms with Crippen LogP contribution in [0.15, 0.2) is 12.1 Å². The van der Waals surface area contributed by atoms with Gasteiger partial charge in [-0.25, -0.2) is 4.39 Å². The van der Waals surface area contributed by atoms with E-state index < -0.39 is 5.82 Å². The summed E-state index contributed by atoms with van der Waals surface area (Å²) < 4.78 is 13.2. The summed E-state index contributed by atoms with van der Waals surface area (Å²) in [5, 5.41) is 0.0671. The number of carbonyl (C=O) groups is 1. The van der Waals surface area contributed by atoms with Crippen molar-refractivity contribution in [3.63, 3.8) is 0 Å². The highest BCUT2D eigenvalue weighted by molar-refractivity contribution is 6.30. The molecule has 1 aromatic rings. The van der Waals surface area contributed by atoms with Gasteiger partial charge in [-0.2, -0.15) is 0 Å². The molecule has 64 valence electrons. The summed E-state index contributed by atoms with van der Waals surface area (Å²) in [5.41, 5.74) is 0.761. The van der Waals surface area contributed by atoms with Crippen molar-refractivity contribution in [2.45, 2.75) is 13.3 Å². The number of benzene rings is 1. The van der Waals surface area contributed by atoms with Crippen molar-refractivity contribution in [2.24, 2.45) is 0 Å². The molecule has 0 fully saturated rings. The molecule has 0 atom stereocenters. The molecule has 1 aromatic carbocycles. The molecule has 0 heterocycles. The zero-order valence-corrected chi connectivity index (χ0v) is 7.36. The lowest BCUT2D eigenvalue weighted by atomic mass is 10.1. The van der Waals surface area contributed by atoms with E-state index in [1.807, 2.05) is 0 Å². The van der Waals surface area contributed by atoms with Crippen LogP contribution in [0.5, 0.6) is 0 Å². The van der Waals surface area contributed by atoms with E-state index in [-0.39, 0.29) is 5.02 Å². The largest absolute Gasteiger partial charge is 0.298 e. The Morgan fingerprint density at radius 1 is 1.58 bits per heavy atom. The Morgan fingerprint density at radius 3 is 2.75 bits per heavy atom. The van der Waals surface area contributed by atoms with E-state index in [0.717, 1.165) is 0 Å². The molecule has 1 rings (SSSR count). The van der Waals surface area contributed by atoms with Crippen molar-refractivity contribution in [3.05, 3.63) is 34.1 Å². The van der Waals surface area contributed by atoms with Gasteiger partial charge in [-0.15, -0.1) is 0 Å². The summed E-state index contributed by atoms with van der Waals surface area (Å²) >= 11 is 5.53. The summed E-state index contributed by atoms with van der Waals surface area (Å²) in [6, 6.07) is 2.91. The molecule has 0 unspecified atom stereocenters. The van der Waals surface area contributed by atoms with Gasteiger partial charge >= 0.3 is 0 Å². The second kappa shape index (κ2) is 3.68. The maximum Gasteiger partial charge on any atom is 0.150 e. The Balaban J connectivity index is 3.35. The van der Waals surface area contributed by atoms with E-state index in [1.165, 1.54) is 12.1 Å². The van der Waals surface area contributed by atoms with E-state index in [4.69, 9.17) is 11.6 Å². The van der Waals surface area contributed by atoms with Crippen molar-refractivity contribution in [1.82, 2.24) is 0 Å². The summed E-state index contributed by atoms with van der Waals surface area (Å²) in [6.07, 6.45) is 1.11. The molecule has 0 aliphatic rings. The Bertz CT molecular complexity index is 310. The van der Waals surface area contributed by atoms with Crippen LogP contribution in [0.3, 0.4) is 0 Å². The van der Waals surface area contributed by atoms with Crippen molar-refractivity contribution in [1.29, 1.82) is 0 Å². The summed E-state index contributed by atoms with van der Waals surface area (Å²) in [4.78, 5) is 10.4. The van der Waals surface area contributed by atoms with Gasteiger partial charge in [-0.3, -0.25) is 4.79 Å². The molecule has 0 amide bonds. The van der Waals surface area contributed by atoms with Crippen LogP contribution in [0.1, 0.15) is 22.8 Å². The lowest BCUT2D eigenvalue weighted by Gasteiger charge is -2.03. The number of hydrogen-bond acceptors (Lipinski definition) is 1. The van der Waals surface area contributed by atoms with Crippen LogP contribution in [0, 0.1) is 5.82 Å². The van der Waals surface area contributed by atoms with Gasteiger partial charge in [0.1, 0.15) is 12.1 Å². The topological polar surface area (TPSA) is 17.1 Å². The number of halogens is 2. The van der Waals surface area contributed by atoms with E-state index >= 15 is 0 Å². The van der Waals surface area contributed by atoms with Gasteiger partial charge in [0.2, 0.25) is 0 Å². The smallest absolute Gasteiger partial charge is 0.150 e. The van der Waals surface area contributed by atoms with Crippen LogP contribution < -0.4 is 0 Å². The van der Waals surface area contributed by atoms with Gasteiger partial charge in [0.15, 0.2) is 0 Å². The molecule has 0 aliphatic carbocycles. The summed E-state index contributed by atoms with van der Waals surface area (Å²) in [5.74, 6) is -0.483. The molecule has 0 saturated heterocycles. The van der Waals surface area contributed by atoms with Crippen LogP contribution in [-0.4, -0.2) is 6.29 Å². The second-order valence-corrected chi connectivity index (χ2v) is 2.81. The highest BCUT2D eigenvalue weighted by Crippen LogP contribution is 2.21. The van der Waals surface area contributed by atoms with Crippen LogP contribution in [0.2, 0.25) is 5.02 Å². The molecule has 0 bridgehead atoms. The minimum atomic E-state index is -0.483. The first kappa shape index (κ1) is 9.20. The predicted octanol–water partition coefficient (Wildman–Crippen LogP) is 2.85. The number of rotatable bonds is 2. The van der Waals surface area contributed by atoms with E-state index in [9.17, 15) is 9.18 Å². The van der Waals surface area contributed by atoms with E-state index in [0.29, 0.717) is 23.8 Å². The average molecular weight is 187 g/mol. The first-order valence-corrected chi connectivity index (χ1v) is 4.00. The van der Waals surface area contributed by atoms with Crippen molar-refractivity contribution in [3.8, 4) is 0 Å². The quantitative estimate of drug-likeness (QED) is 0.650. The van der Waals surface area contributed by atoms with Crippen molar-refractivity contribution >= 4 is 17.9 Å². The zero-order valence-electron chi connectivity index (χ0n) is 6.60. The Morgan fingerprint density at radius 2 is 2.25 bits per heavy atom. The van der Waals surface area contributed by atoms with E-state index in [2.05, 4.69) is 0 Å². The fourth-order valence-corrected chi connectivity index (χ4v) is 1.25. The average Bonchev–Trinajstić information content (AvgIpc) is 2.09. The first-order chi connectivity index (χ1) is 5.70. The molecular weight excluding hydrogens is 179 g/mol. The molecule has 12 heavy (non-hydrogen) atoms. The number of carbonyl (C=O) groups excluding carboxylic acids is 1. The molecule has 0 aromatic heterocycles. The molecule has 0 saturated carbocycles. The van der Waals surface area contributed by atoms with Crippen molar-refractivity contribution in [2.75, 3.05) is 0 Å². The third-order valence-corrected chi connectivity index (χ3v) is 2.00. The standard InChI is InChI=1S/C9H8ClFO/c1-2-7-6(5-12)3-4-8(10)9(7)11/h3-5H,2H2,1H3. The third-order valence-electron chi connectivity index (χ3n) is 1.71. The van der Waals surface area contributed by atoms with Gasteiger partial charge in [0, 0.05) is 5.56 Å².